The number of carboxylic acid groups (broad SMARTS) is 1. The molecule has 1 aromatic carbocycles. The highest BCUT2D eigenvalue weighted by atomic mass is 16.4. The monoisotopic (exact) mass is 313 g/mol. The SMILES string of the molecule is O=C(O)CNCC(=O)Nc1c2c(nc3ccccc13)CCCC2. The number of aromatic nitrogens is 1. The number of benzene rings is 1. The molecule has 1 heterocycles. The molecule has 0 saturated heterocycles. The van der Waals surface area contributed by atoms with E-state index >= 15 is 0 Å². The number of hydrogen-bond donors (Lipinski definition) is 3. The summed E-state index contributed by atoms with van der Waals surface area (Å²) in [5.74, 6) is -1.22. The van der Waals surface area contributed by atoms with E-state index in [1.165, 1.54) is 0 Å². The van der Waals surface area contributed by atoms with Crippen LogP contribution >= 0.6 is 0 Å². The highest BCUT2D eigenvalue weighted by Gasteiger charge is 2.19. The standard InChI is InChI=1S/C17H19N3O3/c21-15(9-18-10-16(22)23)20-17-11-5-1-3-7-13(11)19-14-8-4-2-6-12(14)17/h1,3,5,7,18H,2,4,6,8-10H2,(H,22,23)(H,19,20,21). The molecule has 1 amide bonds. The molecule has 0 spiro atoms. The number of aryl methyl sites for hydroxylation is 1. The maximum absolute atomic E-state index is 12.1. The number of carbonyl (C=O) groups excluding carboxylic acids is 1. The van der Waals surface area contributed by atoms with E-state index in [9.17, 15) is 9.59 Å². The lowest BCUT2D eigenvalue weighted by atomic mass is 9.92. The highest BCUT2D eigenvalue weighted by molar-refractivity contribution is 6.03. The molecule has 23 heavy (non-hydrogen) atoms. The van der Waals surface area contributed by atoms with E-state index in [0.717, 1.165) is 53.5 Å². The second-order valence-corrected chi connectivity index (χ2v) is 5.68. The minimum Gasteiger partial charge on any atom is -0.480 e. The largest absolute Gasteiger partial charge is 0.480 e. The summed E-state index contributed by atoms with van der Waals surface area (Å²) in [7, 11) is 0. The molecule has 3 N–H and O–H groups in total. The van der Waals surface area contributed by atoms with Crippen LogP contribution in [0.4, 0.5) is 5.69 Å². The molecule has 1 aliphatic carbocycles. The Labute approximate surface area is 133 Å². The van der Waals surface area contributed by atoms with E-state index < -0.39 is 5.97 Å². The lowest BCUT2D eigenvalue weighted by molar-refractivity contribution is -0.135. The molecule has 0 fully saturated rings. The predicted octanol–water partition coefficient (Wildman–Crippen LogP) is 1.73. The zero-order chi connectivity index (χ0) is 16.2. The minimum absolute atomic E-state index is 0.0300. The maximum Gasteiger partial charge on any atom is 0.317 e. The lowest BCUT2D eigenvalue weighted by Crippen LogP contribution is -2.32. The van der Waals surface area contributed by atoms with E-state index in [-0.39, 0.29) is 19.0 Å². The van der Waals surface area contributed by atoms with Gasteiger partial charge in [0.05, 0.1) is 24.3 Å². The molecule has 3 rings (SSSR count). The summed E-state index contributed by atoms with van der Waals surface area (Å²) in [6, 6.07) is 7.77. The Morgan fingerprint density at radius 3 is 2.74 bits per heavy atom. The number of carbonyl (C=O) groups is 2. The Kier molecular flexibility index (Phi) is 4.52. The van der Waals surface area contributed by atoms with E-state index in [1.54, 1.807) is 0 Å². The third-order valence-electron chi connectivity index (χ3n) is 4.00. The number of anilines is 1. The minimum atomic E-state index is -0.982. The molecule has 0 unspecified atom stereocenters. The number of nitrogens with one attached hydrogen (secondary N) is 2. The van der Waals surface area contributed by atoms with Gasteiger partial charge in [-0.3, -0.25) is 19.9 Å². The van der Waals surface area contributed by atoms with E-state index in [4.69, 9.17) is 10.1 Å². The van der Waals surface area contributed by atoms with Crippen molar-refractivity contribution in [3.05, 3.63) is 35.5 Å². The first-order valence-corrected chi connectivity index (χ1v) is 7.78. The van der Waals surface area contributed by atoms with Crippen LogP contribution in [0.2, 0.25) is 0 Å². The molecule has 0 aliphatic heterocycles. The van der Waals surface area contributed by atoms with Gasteiger partial charge in [-0.1, -0.05) is 18.2 Å². The average molecular weight is 313 g/mol. The number of amides is 1. The van der Waals surface area contributed by atoms with Crippen molar-refractivity contribution in [2.24, 2.45) is 0 Å². The molecule has 0 saturated carbocycles. The van der Waals surface area contributed by atoms with Gasteiger partial charge in [-0.15, -0.1) is 0 Å². The van der Waals surface area contributed by atoms with Crippen LogP contribution in [0.15, 0.2) is 24.3 Å². The van der Waals surface area contributed by atoms with Crippen LogP contribution in [0.3, 0.4) is 0 Å². The van der Waals surface area contributed by atoms with Gasteiger partial charge < -0.3 is 10.4 Å². The second-order valence-electron chi connectivity index (χ2n) is 5.68. The Bertz CT molecular complexity index is 758. The number of carboxylic acids is 1. The Balaban J connectivity index is 1.89. The molecule has 0 bridgehead atoms. The number of para-hydroxylation sites is 1. The number of aliphatic carboxylic acids is 1. The molecule has 1 aromatic heterocycles. The van der Waals surface area contributed by atoms with E-state index in [0.29, 0.717) is 0 Å². The van der Waals surface area contributed by atoms with Crippen LogP contribution in [0, 0.1) is 0 Å². The fourth-order valence-electron chi connectivity index (χ4n) is 2.98. The Morgan fingerprint density at radius 2 is 1.91 bits per heavy atom. The van der Waals surface area contributed by atoms with Gasteiger partial charge >= 0.3 is 5.97 Å². The van der Waals surface area contributed by atoms with Gasteiger partial charge in [-0.2, -0.15) is 0 Å². The van der Waals surface area contributed by atoms with Crippen molar-refractivity contribution in [1.29, 1.82) is 0 Å². The molecule has 6 heteroatoms. The summed E-state index contributed by atoms with van der Waals surface area (Å²) in [5, 5.41) is 15.1. The van der Waals surface area contributed by atoms with Crippen molar-refractivity contribution in [1.82, 2.24) is 10.3 Å². The van der Waals surface area contributed by atoms with Gasteiger partial charge in [0.2, 0.25) is 5.91 Å². The zero-order valence-electron chi connectivity index (χ0n) is 12.8. The number of pyridine rings is 1. The topological polar surface area (TPSA) is 91.3 Å². The number of fused-ring (bicyclic) bond motifs is 2. The number of hydrogen-bond acceptors (Lipinski definition) is 4. The Hall–Kier alpha value is -2.47. The molecule has 0 radical (unpaired) electrons. The van der Waals surface area contributed by atoms with Crippen LogP contribution in [0.1, 0.15) is 24.1 Å². The summed E-state index contributed by atoms with van der Waals surface area (Å²) in [4.78, 5) is 27.4. The predicted molar refractivity (Wildman–Crippen MR) is 87.5 cm³/mol. The first-order chi connectivity index (χ1) is 11.1. The third kappa shape index (κ3) is 3.48. The average Bonchev–Trinajstić information content (AvgIpc) is 2.54. The first-order valence-electron chi connectivity index (χ1n) is 7.78. The maximum atomic E-state index is 12.1. The van der Waals surface area contributed by atoms with Crippen molar-refractivity contribution in [2.45, 2.75) is 25.7 Å². The fraction of sp³-hybridized carbons (Fsp3) is 0.353. The van der Waals surface area contributed by atoms with Crippen molar-refractivity contribution < 1.29 is 14.7 Å². The molecular formula is C17H19N3O3. The summed E-state index contributed by atoms with van der Waals surface area (Å²) < 4.78 is 0. The van der Waals surface area contributed by atoms with Gasteiger partial charge in [0.1, 0.15) is 0 Å². The van der Waals surface area contributed by atoms with Crippen LogP contribution in [0.25, 0.3) is 10.9 Å². The fourth-order valence-corrected chi connectivity index (χ4v) is 2.98. The van der Waals surface area contributed by atoms with Gasteiger partial charge in [-0.05, 0) is 37.3 Å². The quantitative estimate of drug-likeness (QED) is 0.782. The first kappa shape index (κ1) is 15.4. The van der Waals surface area contributed by atoms with E-state index in [2.05, 4.69) is 10.6 Å². The summed E-state index contributed by atoms with van der Waals surface area (Å²) in [6.45, 7) is -0.264. The number of nitrogens with zero attached hydrogens (tertiary/aromatic N) is 1. The normalized spacial score (nSPS) is 13.6. The van der Waals surface area contributed by atoms with Crippen molar-refractivity contribution >= 4 is 28.5 Å². The van der Waals surface area contributed by atoms with Gasteiger partial charge in [0, 0.05) is 11.1 Å². The molecule has 120 valence electrons. The summed E-state index contributed by atoms with van der Waals surface area (Å²) in [5.41, 5.74) is 3.87. The second kappa shape index (κ2) is 6.75. The van der Waals surface area contributed by atoms with E-state index in [1.807, 2.05) is 24.3 Å². The molecule has 1 aliphatic rings. The summed E-state index contributed by atoms with van der Waals surface area (Å²) in [6.07, 6.45) is 4.05. The van der Waals surface area contributed by atoms with Crippen LogP contribution in [-0.2, 0) is 22.4 Å². The van der Waals surface area contributed by atoms with Crippen LogP contribution in [0.5, 0.6) is 0 Å². The Morgan fingerprint density at radius 1 is 1.13 bits per heavy atom. The van der Waals surface area contributed by atoms with Crippen molar-refractivity contribution in [3.8, 4) is 0 Å². The molecule has 0 atom stereocenters. The van der Waals surface area contributed by atoms with Crippen LogP contribution in [-0.4, -0.2) is 35.1 Å². The van der Waals surface area contributed by atoms with Crippen molar-refractivity contribution in [2.75, 3.05) is 18.4 Å². The lowest BCUT2D eigenvalue weighted by Gasteiger charge is -2.21. The highest BCUT2D eigenvalue weighted by Crippen LogP contribution is 2.33. The van der Waals surface area contributed by atoms with Gasteiger partial charge in [0.15, 0.2) is 0 Å². The molecule has 6 nitrogen and oxygen atoms in total. The van der Waals surface area contributed by atoms with Crippen LogP contribution < -0.4 is 10.6 Å². The number of rotatable bonds is 5. The zero-order valence-corrected chi connectivity index (χ0v) is 12.8. The molecule has 2 aromatic rings. The smallest absolute Gasteiger partial charge is 0.317 e. The summed E-state index contributed by atoms with van der Waals surface area (Å²) >= 11 is 0. The molecular weight excluding hydrogens is 294 g/mol. The third-order valence-corrected chi connectivity index (χ3v) is 4.00. The van der Waals surface area contributed by atoms with Gasteiger partial charge in [-0.25, -0.2) is 0 Å². The van der Waals surface area contributed by atoms with Crippen molar-refractivity contribution in [3.63, 3.8) is 0 Å². The van der Waals surface area contributed by atoms with Gasteiger partial charge in [0.25, 0.3) is 0 Å².